The molecule has 1 atom stereocenters. The molecule has 13 heteroatoms. The number of aliphatic imine (C=N–C) groups is 2. The monoisotopic (exact) mass is 614 g/mol. The van der Waals surface area contributed by atoms with E-state index in [-0.39, 0.29) is 22.7 Å². The Kier molecular flexibility index (Phi) is 10.0. The molecule has 1 aliphatic heterocycles. The first-order chi connectivity index (χ1) is 20.1. The fourth-order valence-corrected chi connectivity index (χ4v) is 5.13. The molecule has 0 saturated carbocycles. The van der Waals surface area contributed by atoms with E-state index in [1.165, 1.54) is 30.2 Å². The third kappa shape index (κ3) is 7.98. The third-order valence-corrected chi connectivity index (χ3v) is 7.22. The maximum atomic E-state index is 13.0. The summed E-state index contributed by atoms with van der Waals surface area (Å²) in [6, 6.07) is 17.7. The largest absolute Gasteiger partial charge is 0.573 e. The lowest BCUT2D eigenvalue weighted by atomic mass is 10.1. The highest BCUT2D eigenvalue weighted by Gasteiger charge is 2.38. The molecular formula is C29H26ClF3N6O2S. The van der Waals surface area contributed by atoms with Crippen molar-refractivity contribution < 1.29 is 22.7 Å². The number of thioether (sulfide) groups is 1. The van der Waals surface area contributed by atoms with Gasteiger partial charge in [-0.1, -0.05) is 73.1 Å². The highest BCUT2D eigenvalue weighted by atomic mass is 35.5. The van der Waals surface area contributed by atoms with Crippen LogP contribution in [-0.4, -0.2) is 41.1 Å². The summed E-state index contributed by atoms with van der Waals surface area (Å²) in [4.78, 5) is 22.7. The zero-order valence-corrected chi connectivity index (χ0v) is 24.1. The first-order valence-corrected chi connectivity index (χ1v) is 14.0. The van der Waals surface area contributed by atoms with Crippen LogP contribution >= 0.6 is 23.4 Å². The minimum Gasteiger partial charge on any atom is -0.406 e. The Morgan fingerprint density at radius 2 is 1.83 bits per heavy atom. The van der Waals surface area contributed by atoms with Gasteiger partial charge in [0.15, 0.2) is 5.17 Å². The Balaban J connectivity index is 1.43. The van der Waals surface area contributed by atoms with Gasteiger partial charge in [0.1, 0.15) is 17.9 Å². The first kappa shape index (κ1) is 30.8. The quantitative estimate of drug-likeness (QED) is 0.157. The van der Waals surface area contributed by atoms with Crippen LogP contribution in [0.4, 0.5) is 24.5 Å². The maximum Gasteiger partial charge on any atom is 0.573 e. The summed E-state index contributed by atoms with van der Waals surface area (Å²) in [6.07, 6.45) is -0.321. The van der Waals surface area contributed by atoms with Gasteiger partial charge in [0.25, 0.3) is 0 Å². The van der Waals surface area contributed by atoms with Gasteiger partial charge in [0.2, 0.25) is 5.91 Å². The summed E-state index contributed by atoms with van der Waals surface area (Å²) in [7, 11) is 0. The van der Waals surface area contributed by atoms with Crippen molar-refractivity contribution in [2.75, 3.05) is 4.90 Å². The van der Waals surface area contributed by atoms with Crippen LogP contribution in [0.15, 0.2) is 86.9 Å². The van der Waals surface area contributed by atoms with E-state index >= 15 is 0 Å². The number of halogens is 4. The summed E-state index contributed by atoms with van der Waals surface area (Å²) in [5, 5.41) is 9.15. The van der Waals surface area contributed by atoms with Crippen molar-refractivity contribution in [3.05, 3.63) is 88.4 Å². The van der Waals surface area contributed by atoms with Crippen molar-refractivity contribution in [2.24, 2.45) is 25.9 Å². The topological polar surface area (TPSA) is 105 Å². The van der Waals surface area contributed by atoms with E-state index in [1.807, 2.05) is 19.1 Å². The molecule has 4 rings (SSSR count). The van der Waals surface area contributed by atoms with Crippen molar-refractivity contribution in [3.8, 4) is 5.75 Å². The fraction of sp³-hybridized carbons (Fsp3) is 0.207. The van der Waals surface area contributed by atoms with Crippen LogP contribution in [0.1, 0.15) is 37.0 Å². The van der Waals surface area contributed by atoms with Gasteiger partial charge in [0.05, 0.1) is 27.9 Å². The fourth-order valence-electron chi connectivity index (χ4n) is 3.94. The van der Waals surface area contributed by atoms with Crippen molar-refractivity contribution in [1.82, 2.24) is 0 Å². The average molecular weight is 615 g/mol. The van der Waals surface area contributed by atoms with Gasteiger partial charge >= 0.3 is 6.36 Å². The van der Waals surface area contributed by atoms with Gasteiger partial charge in [0, 0.05) is 5.56 Å². The summed E-state index contributed by atoms with van der Waals surface area (Å²) < 4.78 is 40.7. The van der Waals surface area contributed by atoms with E-state index in [9.17, 15) is 18.0 Å². The molecule has 1 unspecified atom stereocenters. The molecule has 0 spiro atoms. The number of amides is 1. The van der Waals surface area contributed by atoms with Crippen LogP contribution < -0.4 is 15.4 Å². The lowest BCUT2D eigenvalue weighted by Crippen LogP contribution is -2.32. The van der Waals surface area contributed by atoms with Crippen molar-refractivity contribution in [1.29, 1.82) is 0 Å². The molecule has 218 valence electrons. The molecule has 42 heavy (non-hydrogen) atoms. The number of alkyl halides is 3. The molecule has 3 aromatic rings. The highest BCUT2D eigenvalue weighted by Crippen LogP contribution is 2.38. The number of hydrogen-bond donors (Lipinski definition) is 1. The molecule has 0 radical (unpaired) electrons. The summed E-state index contributed by atoms with van der Waals surface area (Å²) in [5.74, 6) is -0.259. The molecule has 1 amide bonds. The molecule has 1 heterocycles. The number of ether oxygens (including phenoxy) is 1. The summed E-state index contributed by atoms with van der Waals surface area (Å²) >= 11 is 7.84. The van der Waals surface area contributed by atoms with Gasteiger partial charge in [-0.3, -0.25) is 9.69 Å². The lowest BCUT2D eigenvalue weighted by molar-refractivity contribution is -0.274. The van der Waals surface area contributed by atoms with Crippen LogP contribution in [0.2, 0.25) is 5.02 Å². The molecule has 3 aromatic carbocycles. The minimum absolute atomic E-state index is 0.102. The highest BCUT2D eigenvalue weighted by molar-refractivity contribution is 8.16. The molecule has 1 fully saturated rings. The number of nitrogens with zero attached hydrogens (tertiary/aromatic N) is 5. The van der Waals surface area contributed by atoms with Crippen LogP contribution in [0.3, 0.4) is 0 Å². The second-order valence-electron chi connectivity index (χ2n) is 8.98. The molecule has 2 N–H and O–H groups in total. The third-order valence-electron chi connectivity index (χ3n) is 5.89. The predicted molar refractivity (Wildman–Crippen MR) is 163 cm³/mol. The molecule has 8 nitrogen and oxygen atoms in total. The zero-order chi connectivity index (χ0) is 30.3. The van der Waals surface area contributed by atoms with Gasteiger partial charge in [-0.15, -0.1) is 18.3 Å². The van der Waals surface area contributed by atoms with Crippen LogP contribution in [0.25, 0.3) is 0 Å². The second kappa shape index (κ2) is 13.7. The molecule has 0 bridgehead atoms. The minimum atomic E-state index is -4.76. The number of para-hydroxylation sites is 1. The summed E-state index contributed by atoms with van der Waals surface area (Å²) in [6.45, 7) is 3.88. The van der Waals surface area contributed by atoms with E-state index in [4.69, 9.17) is 17.3 Å². The van der Waals surface area contributed by atoms with E-state index in [0.717, 1.165) is 36.1 Å². The number of carbonyl (C=O) groups excluding carboxylic acids is 1. The van der Waals surface area contributed by atoms with Gasteiger partial charge in [-0.05, 0) is 54.8 Å². The van der Waals surface area contributed by atoms with Gasteiger partial charge in [-0.2, -0.15) is 5.10 Å². The molecule has 0 aromatic heterocycles. The number of hydrogen-bond acceptors (Lipinski definition) is 6. The number of aryl methyl sites for hydroxylation is 1. The average Bonchev–Trinajstić information content (AvgIpc) is 3.22. The van der Waals surface area contributed by atoms with Crippen molar-refractivity contribution in [2.45, 2.75) is 38.3 Å². The van der Waals surface area contributed by atoms with Crippen LogP contribution in [0.5, 0.6) is 5.75 Å². The lowest BCUT2D eigenvalue weighted by Gasteiger charge is -2.20. The standard InChI is InChI=1S/C29H26ClF3N6O2S/c1-3-5-20-6-4-7-24(30)25(20)39-27(40)18(2)42-28(39)38-37-16-19-8-10-21(11-9-19)26(34)36-17-35-22-12-14-23(15-13-22)41-29(31,32)33/h4,6-18H,3,5H2,1-2H3,(H2,34,35,36)/b37-16+,38-28-. The number of rotatable bonds is 9. The van der Waals surface area contributed by atoms with Gasteiger partial charge < -0.3 is 10.5 Å². The van der Waals surface area contributed by atoms with Crippen LogP contribution in [-0.2, 0) is 11.2 Å². The molecular weight excluding hydrogens is 589 g/mol. The van der Waals surface area contributed by atoms with E-state index in [2.05, 4.69) is 31.8 Å². The number of benzene rings is 3. The zero-order valence-electron chi connectivity index (χ0n) is 22.5. The Morgan fingerprint density at radius 3 is 2.50 bits per heavy atom. The van der Waals surface area contributed by atoms with Crippen molar-refractivity contribution >= 4 is 64.2 Å². The van der Waals surface area contributed by atoms with E-state index in [1.54, 1.807) is 41.4 Å². The Labute approximate surface area is 249 Å². The van der Waals surface area contributed by atoms with E-state index < -0.39 is 6.36 Å². The summed E-state index contributed by atoms with van der Waals surface area (Å²) in [5.41, 5.74) is 9.39. The smallest absolute Gasteiger partial charge is 0.406 e. The number of carbonyl (C=O) groups is 1. The Hall–Kier alpha value is -4.16. The molecule has 1 aliphatic rings. The second-order valence-corrected chi connectivity index (χ2v) is 10.7. The Morgan fingerprint density at radius 1 is 1.12 bits per heavy atom. The molecule has 0 aliphatic carbocycles. The van der Waals surface area contributed by atoms with Crippen molar-refractivity contribution in [3.63, 3.8) is 0 Å². The number of anilines is 1. The van der Waals surface area contributed by atoms with E-state index in [0.29, 0.717) is 27.1 Å². The number of nitrogens with two attached hydrogens (primary N) is 1. The maximum absolute atomic E-state index is 13.0. The number of amidine groups is 2. The van der Waals surface area contributed by atoms with Gasteiger partial charge in [-0.25, -0.2) is 9.98 Å². The predicted octanol–water partition coefficient (Wildman–Crippen LogP) is 7.11. The SMILES string of the molecule is CCCc1cccc(Cl)c1N1C(=O)C(C)S/C1=N\N=C\c1ccc(C(N)=NC=Nc2ccc(OC(F)(F)F)cc2)cc1. The van der Waals surface area contributed by atoms with Crippen LogP contribution in [0, 0.1) is 0 Å². The Bertz CT molecular complexity index is 1540. The first-order valence-electron chi connectivity index (χ1n) is 12.8. The molecule has 1 saturated heterocycles. The normalized spacial score (nSPS) is 17.2.